The Morgan fingerprint density at radius 3 is 2.50 bits per heavy atom. The zero-order valence-electron chi connectivity index (χ0n) is 12.2. The number of rotatable bonds is 5. The van der Waals surface area contributed by atoms with Crippen molar-refractivity contribution < 1.29 is 9.13 Å². The van der Waals surface area contributed by atoms with Crippen LogP contribution in [0.25, 0.3) is 0 Å². The van der Waals surface area contributed by atoms with E-state index in [2.05, 4.69) is 5.32 Å². The fraction of sp³-hybridized carbons (Fsp3) is 0.294. The van der Waals surface area contributed by atoms with Gasteiger partial charge in [0.15, 0.2) is 0 Å². The first-order valence-electron chi connectivity index (χ1n) is 6.82. The van der Waals surface area contributed by atoms with Gasteiger partial charge in [-0.2, -0.15) is 0 Å². The molecule has 0 heterocycles. The first kappa shape index (κ1) is 14.4. The number of hydrogen-bond donors (Lipinski definition) is 1. The highest BCUT2D eigenvalue weighted by Crippen LogP contribution is 2.22. The standard InChI is InChI=1S/C17H20FNO/c1-4-20-15-7-8-17(13(3)9-15)19-11-14-6-5-12(2)16(18)10-14/h5-10,19H,4,11H2,1-3H3. The van der Waals surface area contributed by atoms with E-state index in [1.807, 2.05) is 38.1 Å². The third-order valence-electron chi connectivity index (χ3n) is 3.23. The molecule has 0 amide bonds. The van der Waals surface area contributed by atoms with E-state index in [4.69, 9.17) is 4.74 Å². The number of anilines is 1. The molecule has 2 rings (SSSR count). The third-order valence-corrected chi connectivity index (χ3v) is 3.23. The Labute approximate surface area is 119 Å². The van der Waals surface area contributed by atoms with E-state index in [0.29, 0.717) is 18.7 Å². The summed E-state index contributed by atoms with van der Waals surface area (Å²) in [7, 11) is 0. The molecule has 0 fully saturated rings. The number of halogens is 1. The quantitative estimate of drug-likeness (QED) is 0.868. The molecule has 0 unspecified atom stereocenters. The van der Waals surface area contributed by atoms with E-state index in [1.54, 1.807) is 19.1 Å². The van der Waals surface area contributed by atoms with Crippen molar-refractivity contribution in [3.05, 3.63) is 58.9 Å². The van der Waals surface area contributed by atoms with Crippen LogP contribution in [0.5, 0.6) is 5.75 Å². The predicted molar refractivity (Wildman–Crippen MR) is 80.8 cm³/mol. The molecule has 0 saturated heterocycles. The summed E-state index contributed by atoms with van der Waals surface area (Å²) in [6.07, 6.45) is 0. The summed E-state index contributed by atoms with van der Waals surface area (Å²) in [5.41, 5.74) is 3.75. The molecule has 2 aromatic rings. The van der Waals surface area contributed by atoms with Crippen LogP contribution in [0, 0.1) is 19.7 Å². The lowest BCUT2D eigenvalue weighted by molar-refractivity contribution is 0.340. The summed E-state index contributed by atoms with van der Waals surface area (Å²) in [5, 5.41) is 3.32. The topological polar surface area (TPSA) is 21.3 Å². The maximum Gasteiger partial charge on any atom is 0.126 e. The van der Waals surface area contributed by atoms with Crippen LogP contribution in [0.3, 0.4) is 0 Å². The molecule has 0 aliphatic heterocycles. The van der Waals surface area contributed by atoms with Crippen LogP contribution in [-0.2, 0) is 6.54 Å². The Morgan fingerprint density at radius 1 is 1.05 bits per heavy atom. The lowest BCUT2D eigenvalue weighted by Crippen LogP contribution is -2.02. The van der Waals surface area contributed by atoms with Gasteiger partial charge in [0.05, 0.1) is 6.61 Å². The molecule has 0 atom stereocenters. The van der Waals surface area contributed by atoms with Gasteiger partial charge in [-0.1, -0.05) is 12.1 Å². The van der Waals surface area contributed by atoms with E-state index < -0.39 is 0 Å². The molecule has 0 aromatic heterocycles. The van der Waals surface area contributed by atoms with Crippen LogP contribution < -0.4 is 10.1 Å². The minimum atomic E-state index is -0.160. The smallest absolute Gasteiger partial charge is 0.126 e. The molecule has 2 nitrogen and oxygen atoms in total. The minimum Gasteiger partial charge on any atom is -0.494 e. The molecular formula is C17H20FNO. The van der Waals surface area contributed by atoms with E-state index in [1.165, 1.54) is 0 Å². The maximum atomic E-state index is 13.5. The van der Waals surface area contributed by atoms with Gasteiger partial charge in [-0.05, 0) is 61.7 Å². The predicted octanol–water partition coefficient (Wildman–Crippen LogP) is 4.45. The molecule has 0 spiro atoms. The van der Waals surface area contributed by atoms with Crippen LogP contribution in [-0.4, -0.2) is 6.61 Å². The number of benzene rings is 2. The molecule has 0 aliphatic carbocycles. The minimum absolute atomic E-state index is 0.160. The Hall–Kier alpha value is -2.03. The second kappa shape index (κ2) is 6.42. The third kappa shape index (κ3) is 3.50. The Morgan fingerprint density at radius 2 is 1.85 bits per heavy atom. The van der Waals surface area contributed by atoms with E-state index in [9.17, 15) is 4.39 Å². The van der Waals surface area contributed by atoms with E-state index in [-0.39, 0.29) is 5.82 Å². The van der Waals surface area contributed by atoms with E-state index >= 15 is 0 Å². The van der Waals surface area contributed by atoms with Crippen molar-refractivity contribution >= 4 is 5.69 Å². The molecule has 106 valence electrons. The van der Waals surface area contributed by atoms with Crippen molar-refractivity contribution in [2.24, 2.45) is 0 Å². The highest BCUT2D eigenvalue weighted by molar-refractivity contribution is 5.53. The molecule has 0 aliphatic rings. The number of nitrogens with one attached hydrogen (secondary N) is 1. The second-order valence-corrected chi connectivity index (χ2v) is 4.85. The number of hydrogen-bond acceptors (Lipinski definition) is 2. The second-order valence-electron chi connectivity index (χ2n) is 4.85. The highest BCUT2D eigenvalue weighted by Gasteiger charge is 2.02. The molecule has 0 bridgehead atoms. The van der Waals surface area contributed by atoms with Gasteiger partial charge in [-0.25, -0.2) is 4.39 Å². The van der Waals surface area contributed by atoms with Crippen molar-refractivity contribution in [2.75, 3.05) is 11.9 Å². The monoisotopic (exact) mass is 273 g/mol. The summed E-state index contributed by atoms with van der Waals surface area (Å²) >= 11 is 0. The number of aryl methyl sites for hydroxylation is 2. The largest absolute Gasteiger partial charge is 0.494 e. The van der Waals surface area contributed by atoms with Gasteiger partial charge < -0.3 is 10.1 Å². The first-order chi connectivity index (χ1) is 9.60. The molecule has 0 saturated carbocycles. The Balaban J connectivity index is 2.05. The molecule has 20 heavy (non-hydrogen) atoms. The van der Waals surface area contributed by atoms with Gasteiger partial charge in [0, 0.05) is 12.2 Å². The van der Waals surface area contributed by atoms with Crippen LogP contribution in [0.4, 0.5) is 10.1 Å². The molecular weight excluding hydrogens is 253 g/mol. The molecule has 0 radical (unpaired) electrons. The van der Waals surface area contributed by atoms with Crippen LogP contribution in [0.1, 0.15) is 23.6 Å². The van der Waals surface area contributed by atoms with Crippen molar-refractivity contribution in [1.82, 2.24) is 0 Å². The maximum absolute atomic E-state index is 13.5. The Kier molecular flexibility index (Phi) is 4.61. The zero-order valence-corrected chi connectivity index (χ0v) is 12.2. The average molecular weight is 273 g/mol. The van der Waals surface area contributed by atoms with Crippen molar-refractivity contribution in [1.29, 1.82) is 0 Å². The van der Waals surface area contributed by atoms with Crippen molar-refractivity contribution in [3.63, 3.8) is 0 Å². The van der Waals surface area contributed by atoms with E-state index in [0.717, 1.165) is 22.6 Å². The number of ether oxygens (including phenoxy) is 1. The zero-order chi connectivity index (χ0) is 14.5. The summed E-state index contributed by atoms with van der Waals surface area (Å²) in [4.78, 5) is 0. The van der Waals surface area contributed by atoms with Gasteiger partial charge in [0.1, 0.15) is 11.6 Å². The fourth-order valence-electron chi connectivity index (χ4n) is 2.03. The van der Waals surface area contributed by atoms with Crippen molar-refractivity contribution in [2.45, 2.75) is 27.3 Å². The average Bonchev–Trinajstić information content (AvgIpc) is 2.42. The van der Waals surface area contributed by atoms with Gasteiger partial charge in [0.2, 0.25) is 0 Å². The molecule has 1 N–H and O–H groups in total. The molecule has 3 heteroatoms. The summed E-state index contributed by atoms with van der Waals surface area (Å²) in [6.45, 7) is 7.03. The van der Waals surface area contributed by atoms with Crippen LogP contribution in [0.2, 0.25) is 0 Å². The first-order valence-corrected chi connectivity index (χ1v) is 6.82. The van der Waals surface area contributed by atoms with Gasteiger partial charge in [-0.15, -0.1) is 0 Å². The SMILES string of the molecule is CCOc1ccc(NCc2ccc(C)c(F)c2)c(C)c1. The van der Waals surface area contributed by atoms with Gasteiger partial charge in [-0.3, -0.25) is 0 Å². The Bertz CT molecular complexity index is 596. The summed E-state index contributed by atoms with van der Waals surface area (Å²) < 4.78 is 18.9. The van der Waals surface area contributed by atoms with Crippen molar-refractivity contribution in [3.8, 4) is 5.75 Å². The van der Waals surface area contributed by atoms with Crippen LogP contribution >= 0.6 is 0 Å². The summed E-state index contributed by atoms with van der Waals surface area (Å²) in [5.74, 6) is 0.713. The van der Waals surface area contributed by atoms with Gasteiger partial charge in [0.25, 0.3) is 0 Å². The van der Waals surface area contributed by atoms with Gasteiger partial charge >= 0.3 is 0 Å². The lowest BCUT2D eigenvalue weighted by Gasteiger charge is -2.12. The summed E-state index contributed by atoms with van der Waals surface area (Å²) in [6, 6.07) is 11.2. The normalized spacial score (nSPS) is 10.4. The van der Waals surface area contributed by atoms with Crippen LogP contribution in [0.15, 0.2) is 36.4 Å². The fourth-order valence-corrected chi connectivity index (χ4v) is 2.03. The highest BCUT2D eigenvalue weighted by atomic mass is 19.1. The molecule has 2 aromatic carbocycles. The lowest BCUT2D eigenvalue weighted by atomic mass is 10.1.